The molecule has 0 fully saturated rings. The van der Waals surface area contributed by atoms with Gasteiger partial charge in [0.2, 0.25) is 10.0 Å². The molecule has 0 aliphatic heterocycles. The van der Waals surface area contributed by atoms with Gasteiger partial charge in [-0.25, -0.2) is 18.4 Å². The average molecular weight is 316 g/mol. The fourth-order valence-electron chi connectivity index (χ4n) is 1.58. The molecule has 1 aromatic rings. The molecule has 0 aliphatic carbocycles. The fraction of sp³-hybridized carbons (Fsp3) is 0.333. The van der Waals surface area contributed by atoms with E-state index in [0.29, 0.717) is 0 Å². The smallest absolute Gasteiger partial charge is 0.326 e. The first kappa shape index (κ1) is 16.9. The van der Waals surface area contributed by atoms with Crippen molar-refractivity contribution in [2.24, 2.45) is 5.14 Å². The molecule has 0 aromatic carbocycles. The third-order valence-corrected chi connectivity index (χ3v) is 3.63. The second-order valence-corrected chi connectivity index (χ2v) is 5.77. The Morgan fingerprint density at radius 3 is 2.57 bits per heavy atom. The van der Waals surface area contributed by atoms with Crippen LogP contribution in [-0.4, -0.2) is 31.4 Å². The van der Waals surface area contributed by atoms with Crippen molar-refractivity contribution in [3.05, 3.63) is 29.7 Å². The van der Waals surface area contributed by atoms with Crippen molar-refractivity contribution in [2.75, 3.05) is 0 Å². The number of aryl methyl sites for hydroxylation is 1. The van der Waals surface area contributed by atoms with Crippen LogP contribution in [0.5, 0.6) is 0 Å². The zero-order chi connectivity index (χ0) is 16.2. The van der Waals surface area contributed by atoms with Gasteiger partial charge >= 0.3 is 5.97 Å². The highest BCUT2D eigenvalue weighted by Crippen LogP contribution is 2.18. The first-order valence-corrected chi connectivity index (χ1v) is 7.49. The van der Waals surface area contributed by atoms with Gasteiger partial charge in [0.25, 0.3) is 5.91 Å². The van der Waals surface area contributed by atoms with E-state index in [4.69, 9.17) is 14.7 Å². The van der Waals surface area contributed by atoms with Gasteiger partial charge in [-0.1, -0.05) is 12.2 Å². The highest BCUT2D eigenvalue weighted by Gasteiger charge is 2.24. The number of nitrogens with one attached hydrogen (secondary N) is 1. The van der Waals surface area contributed by atoms with Crippen LogP contribution in [0.1, 0.15) is 29.7 Å². The minimum Gasteiger partial charge on any atom is -0.480 e. The van der Waals surface area contributed by atoms with E-state index >= 15 is 0 Å². The Labute approximate surface area is 121 Å². The Morgan fingerprint density at radius 1 is 1.52 bits per heavy atom. The highest BCUT2D eigenvalue weighted by molar-refractivity contribution is 7.89. The zero-order valence-corrected chi connectivity index (χ0v) is 12.3. The summed E-state index contributed by atoms with van der Waals surface area (Å²) >= 11 is 0. The lowest BCUT2D eigenvalue weighted by atomic mass is 10.2. The van der Waals surface area contributed by atoms with Crippen LogP contribution < -0.4 is 10.5 Å². The maximum absolute atomic E-state index is 11.9. The summed E-state index contributed by atoms with van der Waals surface area (Å²) in [6.07, 6.45) is 3.33. The number of hydrogen-bond acceptors (Lipinski definition) is 5. The van der Waals surface area contributed by atoms with E-state index in [2.05, 4.69) is 5.32 Å². The van der Waals surface area contributed by atoms with Gasteiger partial charge < -0.3 is 14.8 Å². The Kier molecular flexibility index (Phi) is 5.28. The number of carboxylic acid groups (broad SMARTS) is 1. The van der Waals surface area contributed by atoms with Crippen molar-refractivity contribution in [2.45, 2.75) is 31.2 Å². The van der Waals surface area contributed by atoms with E-state index in [0.717, 1.165) is 6.07 Å². The highest BCUT2D eigenvalue weighted by atomic mass is 32.2. The molecule has 21 heavy (non-hydrogen) atoms. The van der Waals surface area contributed by atoms with Crippen LogP contribution in [0.4, 0.5) is 0 Å². The van der Waals surface area contributed by atoms with Gasteiger partial charge in [0.05, 0.1) is 0 Å². The Bertz CT molecular complexity index is 674. The number of rotatable bonds is 6. The Hall–Kier alpha value is -2.13. The maximum Gasteiger partial charge on any atom is 0.326 e. The van der Waals surface area contributed by atoms with Crippen molar-refractivity contribution in [1.82, 2.24) is 5.32 Å². The van der Waals surface area contributed by atoms with Gasteiger partial charge in [-0.3, -0.25) is 4.79 Å². The number of aliphatic carboxylic acids is 1. The molecule has 9 heteroatoms. The zero-order valence-electron chi connectivity index (χ0n) is 11.5. The first-order valence-electron chi connectivity index (χ1n) is 5.95. The molecule has 0 bridgehead atoms. The number of nitrogens with two attached hydrogens (primary N) is 1. The molecule has 1 rings (SSSR count). The molecule has 1 amide bonds. The largest absolute Gasteiger partial charge is 0.480 e. The van der Waals surface area contributed by atoms with Crippen LogP contribution in [0.3, 0.4) is 0 Å². The van der Waals surface area contributed by atoms with Crippen molar-refractivity contribution in [3.63, 3.8) is 0 Å². The molecule has 1 atom stereocenters. The van der Waals surface area contributed by atoms with Crippen molar-refractivity contribution >= 4 is 21.9 Å². The number of carbonyl (C=O) groups is 2. The minimum absolute atomic E-state index is 0.0389. The lowest BCUT2D eigenvalue weighted by Gasteiger charge is -2.11. The second kappa shape index (κ2) is 6.55. The van der Waals surface area contributed by atoms with Crippen LogP contribution >= 0.6 is 0 Å². The number of allylic oxidation sites excluding steroid dienone is 1. The predicted octanol–water partition coefficient (Wildman–Crippen LogP) is 0.385. The third-order valence-electron chi connectivity index (χ3n) is 2.61. The number of carboxylic acids is 1. The van der Waals surface area contributed by atoms with Gasteiger partial charge in [0.15, 0.2) is 5.76 Å². The summed E-state index contributed by atoms with van der Waals surface area (Å²) < 4.78 is 27.5. The minimum atomic E-state index is -4.01. The van der Waals surface area contributed by atoms with Gasteiger partial charge in [0, 0.05) is 6.07 Å². The Morgan fingerprint density at radius 2 is 2.14 bits per heavy atom. The van der Waals surface area contributed by atoms with E-state index in [9.17, 15) is 18.0 Å². The summed E-state index contributed by atoms with van der Waals surface area (Å²) in [7, 11) is -4.01. The van der Waals surface area contributed by atoms with E-state index in [-0.39, 0.29) is 22.8 Å². The van der Waals surface area contributed by atoms with Crippen molar-refractivity contribution in [3.8, 4) is 0 Å². The molecular weight excluding hydrogens is 300 g/mol. The number of furan rings is 1. The van der Waals surface area contributed by atoms with Crippen LogP contribution in [0.15, 0.2) is 27.5 Å². The lowest BCUT2D eigenvalue weighted by Crippen LogP contribution is -2.40. The van der Waals surface area contributed by atoms with Gasteiger partial charge in [-0.2, -0.15) is 0 Å². The van der Waals surface area contributed by atoms with Crippen LogP contribution in [0.2, 0.25) is 0 Å². The number of primary sulfonamides is 1. The van der Waals surface area contributed by atoms with Crippen LogP contribution in [0.25, 0.3) is 0 Å². The molecule has 1 unspecified atom stereocenters. The summed E-state index contributed by atoms with van der Waals surface area (Å²) in [6, 6.07) is -0.175. The van der Waals surface area contributed by atoms with Crippen molar-refractivity contribution in [1.29, 1.82) is 0 Å². The van der Waals surface area contributed by atoms with Crippen LogP contribution in [-0.2, 0) is 14.8 Å². The van der Waals surface area contributed by atoms with E-state index in [1.54, 1.807) is 19.1 Å². The van der Waals surface area contributed by atoms with Crippen molar-refractivity contribution < 1.29 is 27.5 Å². The molecule has 8 nitrogen and oxygen atoms in total. The topological polar surface area (TPSA) is 140 Å². The van der Waals surface area contributed by atoms with E-state index in [1.807, 2.05) is 0 Å². The average Bonchev–Trinajstić information content (AvgIpc) is 2.76. The summed E-state index contributed by atoms with van der Waals surface area (Å²) in [5.41, 5.74) is 0. The Balaban J connectivity index is 2.96. The molecule has 0 spiro atoms. The predicted molar refractivity (Wildman–Crippen MR) is 73.1 cm³/mol. The number of carbonyl (C=O) groups excluding carboxylic acids is 1. The first-order chi connectivity index (χ1) is 9.66. The molecular formula is C12H16N2O6S. The monoisotopic (exact) mass is 316 g/mol. The molecule has 4 N–H and O–H groups in total. The molecule has 1 heterocycles. The fourth-order valence-corrected chi connectivity index (χ4v) is 2.30. The number of sulfonamides is 1. The quantitative estimate of drug-likeness (QED) is 0.648. The molecule has 0 aliphatic rings. The third kappa shape index (κ3) is 4.43. The molecule has 1 aromatic heterocycles. The SMILES string of the molecule is C/C=C/CC(NC(=O)c1cc(S(N)(=O)=O)c(C)o1)C(=O)O. The van der Waals surface area contributed by atoms with Crippen LogP contribution in [0, 0.1) is 6.92 Å². The maximum atomic E-state index is 11.9. The molecule has 0 saturated carbocycles. The molecule has 0 radical (unpaired) electrons. The van der Waals surface area contributed by atoms with Gasteiger partial charge in [-0.05, 0) is 20.3 Å². The lowest BCUT2D eigenvalue weighted by molar-refractivity contribution is -0.139. The van der Waals surface area contributed by atoms with E-state index < -0.39 is 27.9 Å². The van der Waals surface area contributed by atoms with Gasteiger partial charge in [0.1, 0.15) is 16.7 Å². The molecule has 0 saturated heterocycles. The summed E-state index contributed by atoms with van der Waals surface area (Å²) in [4.78, 5) is 22.6. The number of hydrogen-bond donors (Lipinski definition) is 3. The summed E-state index contributed by atoms with van der Waals surface area (Å²) in [5, 5.41) is 16.2. The molecule has 116 valence electrons. The van der Waals surface area contributed by atoms with Gasteiger partial charge in [-0.15, -0.1) is 0 Å². The normalized spacial score (nSPS) is 13.3. The summed E-state index contributed by atoms with van der Waals surface area (Å²) in [6.45, 7) is 3.06. The number of amides is 1. The van der Waals surface area contributed by atoms with E-state index in [1.165, 1.54) is 6.92 Å². The summed E-state index contributed by atoms with van der Waals surface area (Å²) in [5.74, 6) is -2.40. The second-order valence-electron chi connectivity index (χ2n) is 4.25. The standard InChI is InChI=1S/C12H16N2O6S/c1-3-4-5-8(12(16)17)14-11(15)9-6-10(7(2)20-9)21(13,18)19/h3-4,6,8H,5H2,1-2H3,(H,14,15)(H,16,17)(H2,13,18,19)/b4-3+.